The first-order chi connectivity index (χ1) is 15.8. The van der Waals surface area contributed by atoms with Gasteiger partial charge in [0.1, 0.15) is 0 Å². The number of halogens is 1. The van der Waals surface area contributed by atoms with Gasteiger partial charge in [-0.05, 0) is 79.3 Å². The topological polar surface area (TPSA) is 101 Å². The summed E-state index contributed by atoms with van der Waals surface area (Å²) in [5.74, 6) is 0. The molecule has 0 bridgehead atoms. The fourth-order valence-corrected chi connectivity index (χ4v) is 5.98. The molecule has 2 N–H and O–H groups in total. The molecule has 5 rings (SSSR count). The van der Waals surface area contributed by atoms with Gasteiger partial charge in [0.05, 0.1) is 27.3 Å². The quantitative estimate of drug-likeness (QED) is 0.391. The monoisotopic (exact) mass is 525 g/mol. The average molecular weight is 526 g/mol. The summed E-state index contributed by atoms with van der Waals surface area (Å²) in [5.41, 5.74) is 2.77. The van der Waals surface area contributed by atoms with Gasteiger partial charge in [-0.15, -0.1) is 0 Å². The number of hydrogen-bond acceptors (Lipinski definition) is 4. The van der Waals surface area contributed by atoms with Crippen LogP contribution in [0, 0.1) is 0 Å². The van der Waals surface area contributed by atoms with Gasteiger partial charge in [0.25, 0.3) is 10.0 Å². The molecule has 9 heteroatoms. The highest BCUT2D eigenvalue weighted by Gasteiger charge is 2.19. The van der Waals surface area contributed by atoms with Crippen LogP contribution >= 0.6 is 15.9 Å². The molecule has 1 aliphatic rings. The predicted molar refractivity (Wildman–Crippen MR) is 132 cm³/mol. The van der Waals surface area contributed by atoms with Crippen molar-refractivity contribution < 1.29 is 8.42 Å². The molecule has 1 aliphatic carbocycles. The smallest absolute Gasteiger partial charge is 0.316 e. The lowest BCUT2D eigenvalue weighted by Gasteiger charge is -2.19. The fraction of sp³-hybridized carbons (Fsp3) is 0.167. The molecule has 0 fully saturated rings. The van der Waals surface area contributed by atoms with Crippen LogP contribution in [0.4, 0.5) is 5.69 Å². The number of hydrogen-bond donors (Lipinski definition) is 2. The maximum atomic E-state index is 12.9. The van der Waals surface area contributed by atoms with Gasteiger partial charge in [0, 0.05) is 4.47 Å². The van der Waals surface area contributed by atoms with E-state index in [4.69, 9.17) is 0 Å². The first kappa shape index (κ1) is 21.7. The third-order valence-corrected chi connectivity index (χ3v) is 7.72. The second-order valence-electron chi connectivity index (χ2n) is 8.01. The standard InChI is InChI=1S/C24H20BrN3O4S/c25-16-6-3-9-19(13-16)33(31,32)27-17-7-4-8-18(14-17)28-21-12-11-15-5-1-2-10-20(15)22(21)26-23(29)24(28)30/h3-4,6-9,11-14,27H,1-2,5,10H2,(H,26,29). The Hall–Kier alpha value is -3.17. The summed E-state index contributed by atoms with van der Waals surface area (Å²) >= 11 is 3.28. The summed E-state index contributed by atoms with van der Waals surface area (Å²) in [6, 6.07) is 16.7. The molecule has 4 aromatic rings. The van der Waals surface area contributed by atoms with E-state index >= 15 is 0 Å². The zero-order valence-electron chi connectivity index (χ0n) is 17.5. The zero-order chi connectivity index (χ0) is 23.2. The van der Waals surface area contributed by atoms with Crippen molar-refractivity contribution in [3.63, 3.8) is 0 Å². The minimum atomic E-state index is -3.84. The van der Waals surface area contributed by atoms with E-state index in [0.29, 0.717) is 21.2 Å². The molecule has 0 amide bonds. The summed E-state index contributed by atoms with van der Waals surface area (Å²) < 4.78 is 30.2. The van der Waals surface area contributed by atoms with E-state index in [1.165, 1.54) is 22.3 Å². The molecular weight excluding hydrogens is 506 g/mol. The molecule has 168 valence electrons. The second-order valence-corrected chi connectivity index (χ2v) is 10.6. The number of anilines is 1. The molecule has 33 heavy (non-hydrogen) atoms. The third kappa shape index (κ3) is 4.02. The van der Waals surface area contributed by atoms with E-state index in [1.807, 2.05) is 12.1 Å². The van der Waals surface area contributed by atoms with E-state index in [1.54, 1.807) is 36.4 Å². The van der Waals surface area contributed by atoms with Crippen LogP contribution in [-0.2, 0) is 22.9 Å². The minimum absolute atomic E-state index is 0.104. The number of H-pyrrole nitrogens is 1. The third-order valence-electron chi connectivity index (χ3n) is 5.85. The fourth-order valence-electron chi connectivity index (χ4n) is 4.33. The van der Waals surface area contributed by atoms with Crippen molar-refractivity contribution in [2.75, 3.05) is 4.72 Å². The summed E-state index contributed by atoms with van der Waals surface area (Å²) in [5, 5.41) is 0. The van der Waals surface area contributed by atoms with Gasteiger partial charge < -0.3 is 4.98 Å². The van der Waals surface area contributed by atoms with Crippen molar-refractivity contribution >= 4 is 42.7 Å². The predicted octanol–water partition coefficient (Wildman–Crippen LogP) is 4.12. The Labute approximate surface area is 198 Å². The van der Waals surface area contributed by atoms with Crippen molar-refractivity contribution in [1.29, 1.82) is 0 Å². The van der Waals surface area contributed by atoms with Gasteiger partial charge in [-0.1, -0.05) is 34.1 Å². The Morgan fingerprint density at radius 2 is 1.73 bits per heavy atom. The van der Waals surface area contributed by atoms with Gasteiger partial charge in [-0.2, -0.15) is 0 Å². The number of fused-ring (bicyclic) bond motifs is 3. The summed E-state index contributed by atoms with van der Waals surface area (Å²) in [7, 11) is -3.84. The highest BCUT2D eigenvalue weighted by Crippen LogP contribution is 2.28. The van der Waals surface area contributed by atoms with E-state index in [0.717, 1.165) is 31.2 Å². The number of nitrogens with one attached hydrogen (secondary N) is 2. The van der Waals surface area contributed by atoms with Crippen LogP contribution in [0.3, 0.4) is 0 Å². The molecule has 0 atom stereocenters. The van der Waals surface area contributed by atoms with Crippen molar-refractivity contribution in [1.82, 2.24) is 9.55 Å². The van der Waals surface area contributed by atoms with E-state index < -0.39 is 21.1 Å². The molecule has 0 aliphatic heterocycles. The van der Waals surface area contributed by atoms with Gasteiger partial charge in [-0.25, -0.2) is 8.42 Å². The molecule has 1 aromatic heterocycles. The van der Waals surface area contributed by atoms with Crippen LogP contribution in [-0.4, -0.2) is 18.0 Å². The summed E-state index contributed by atoms with van der Waals surface area (Å²) in [6.07, 6.45) is 3.91. The molecular formula is C24H20BrN3O4S. The lowest BCUT2D eigenvalue weighted by Crippen LogP contribution is -2.36. The number of aromatic nitrogens is 2. The van der Waals surface area contributed by atoms with Gasteiger partial charge in [0.15, 0.2) is 0 Å². The number of nitrogens with zero attached hydrogens (tertiary/aromatic N) is 1. The molecule has 7 nitrogen and oxygen atoms in total. The van der Waals surface area contributed by atoms with Gasteiger partial charge in [-0.3, -0.25) is 18.9 Å². The van der Waals surface area contributed by atoms with Crippen molar-refractivity contribution in [2.24, 2.45) is 0 Å². The van der Waals surface area contributed by atoms with E-state index in [9.17, 15) is 18.0 Å². The Kier molecular flexibility index (Phi) is 5.46. The second kappa shape index (κ2) is 8.31. The van der Waals surface area contributed by atoms with Crippen LogP contribution in [0.1, 0.15) is 24.0 Å². The highest BCUT2D eigenvalue weighted by atomic mass is 79.9. The maximum absolute atomic E-state index is 12.9. The van der Waals surface area contributed by atoms with E-state index in [2.05, 4.69) is 25.6 Å². The average Bonchev–Trinajstić information content (AvgIpc) is 2.80. The van der Waals surface area contributed by atoms with Crippen molar-refractivity contribution in [2.45, 2.75) is 30.6 Å². The van der Waals surface area contributed by atoms with Gasteiger partial charge >= 0.3 is 11.1 Å². The van der Waals surface area contributed by atoms with E-state index in [-0.39, 0.29) is 10.6 Å². The molecule has 1 heterocycles. The summed E-state index contributed by atoms with van der Waals surface area (Å²) in [4.78, 5) is 28.3. The number of sulfonamides is 1. The molecule has 0 radical (unpaired) electrons. The number of benzene rings is 3. The maximum Gasteiger partial charge on any atom is 0.321 e. The zero-order valence-corrected chi connectivity index (χ0v) is 19.9. The SMILES string of the molecule is O=c1[nH]c2c3c(ccc2n(-c2cccc(NS(=O)(=O)c4cccc(Br)c4)c2)c1=O)CCCC3. The first-order valence-electron chi connectivity index (χ1n) is 10.5. The Balaban J connectivity index is 1.63. The Morgan fingerprint density at radius 1 is 0.939 bits per heavy atom. The van der Waals surface area contributed by atoms with Crippen molar-refractivity contribution in [3.05, 3.63) is 97.0 Å². The Morgan fingerprint density at radius 3 is 2.55 bits per heavy atom. The molecule has 0 saturated heterocycles. The van der Waals surface area contributed by atoms with Crippen LogP contribution in [0.5, 0.6) is 0 Å². The van der Waals surface area contributed by atoms with Crippen molar-refractivity contribution in [3.8, 4) is 5.69 Å². The largest absolute Gasteiger partial charge is 0.321 e. The highest BCUT2D eigenvalue weighted by molar-refractivity contribution is 9.10. The lowest BCUT2D eigenvalue weighted by atomic mass is 9.90. The number of aryl methyl sites for hydroxylation is 2. The summed E-state index contributed by atoms with van der Waals surface area (Å²) in [6.45, 7) is 0. The molecule has 0 spiro atoms. The normalized spacial score (nSPS) is 13.6. The molecule has 0 saturated carbocycles. The van der Waals surface area contributed by atoms with Gasteiger partial charge in [0.2, 0.25) is 0 Å². The number of aromatic amines is 1. The van der Waals surface area contributed by atoms with Crippen LogP contribution in [0.15, 0.2) is 79.6 Å². The van der Waals surface area contributed by atoms with Crippen LogP contribution in [0.2, 0.25) is 0 Å². The first-order valence-corrected chi connectivity index (χ1v) is 12.8. The number of rotatable bonds is 4. The Bertz CT molecular complexity index is 1620. The molecule has 3 aromatic carbocycles. The lowest BCUT2D eigenvalue weighted by molar-refractivity contribution is 0.601. The minimum Gasteiger partial charge on any atom is -0.316 e. The molecule has 0 unspecified atom stereocenters. The van der Waals surface area contributed by atoms with Crippen LogP contribution < -0.4 is 15.8 Å². The van der Waals surface area contributed by atoms with Crippen LogP contribution in [0.25, 0.3) is 16.7 Å².